The highest BCUT2D eigenvalue weighted by molar-refractivity contribution is 5.89. The second-order valence-electron chi connectivity index (χ2n) is 7.21. The van der Waals surface area contributed by atoms with Crippen LogP contribution in [0.2, 0.25) is 0 Å². The molecule has 1 amide bonds. The quantitative estimate of drug-likeness (QED) is 0.352. The van der Waals surface area contributed by atoms with Crippen LogP contribution >= 0.6 is 0 Å². The lowest BCUT2D eigenvalue weighted by Gasteiger charge is -2.08. The maximum absolute atomic E-state index is 11.2. The normalized spacial score (nSPS) is 11.2. The molecule has 1 aromatic heterocycles. The summed E-state index contributed by atoms with van der Waals surface area (Å²) in [6.07, 6.45) is 3.79. The fraction of sp³-hybridized carbons (Fsp3) is 0.0833. The van der Waals surface area contributed by atoms with Crippen LogP contribution in [-0.2, 0) is 4.79 Å². The van der Waals surface area contributed by atoms with Gasteiger partial charge in [-0.05, 0) is 48.9 Å². The number of nitro benzene ring substituents is 1. The number of imidazole rings is 1. The van der Waals surface area contributed by atoms with E-state index in [2.05, 4.69) is 10.3 Å². The predicted octanol–water partition coefficient (Wildman–Crippen LogP) is 5.37. The van der Waals surface area contributed by atoms with Gasteiger partial charge in [-0.2, -0.15) is 0 Å². The number of nitro groups is 1. The Hall–Kier alpha value is -4.26. The van der Waals surface area contributed by atoms with Crippen molar-refractivity contribution >= 4 is 40.5 Å². The second-order valence-corrected chi connectivity index (χ2v) is 7.21. The number of rotatable bonds is 5. The van der Waals surface area contributed by atoms with Crippen molar-refractivity contribution in [3.05, 3.63) is 93.8 Å². The molecule has 3 aromatic carbocycles. The number of hydrogen-bond acceptors (Lipinski definition) is 4. The summed E-state index contributed by atoms with van der Waals surface area (Å²) in [6, 6.07) is 20.2. The SMILES string of the molecule is CC(=O)Nc1ccc(/C=C/c2nc3cc([N+](=O)[O-])ccc3n2-c2ccc(C)cc2)cc1. The van der Waals surface area contributed by atoms with Gasteiger partial charge in [0.15, 0.2) is 0 Å². The maximum Gasteiger partial charge on any atom is 0.271 e. The summed E-state index contributed by atoms with van der Waals surface area (Å²) < 4.78 is 1.97. The van der Waals surface area contributed by atoms with Gasteiger partial charge >= 0.3 is 0 Å². The van der Waals surface area contributed by atoms with Crippen LogP contribution in [0.25, 0.3) is 28.9 Å². The first-order valence-electron chi connectivity index (χ1n) is 9.70. The third-order valence-electron chi connectivity index (χ3n) is 4.82. The average molecular weight is 412 g/mol. The molecule has 0 saturated carbocycles. The number of anilines is 1. The number of non-ortho nitro benzene ring substituents is 1. The minimum absolute atomic E-state index is 0.00476. The van der Waals surface area contributed by atoms with E-state index in [1.54, 1.807) is 6.07 Å². The van der Waals surface area contributed by atoms with Crippen LogP contribution in [0.5, 0.6) is 0 Å². The Balaban J connectivity index is 1.77. The summed E-state index contributed by atoms with van der Waals surface area (Å²) in [5.41, 5.74) is 5.06. The van der Waals surface area contributed by atoms with Gasteiger partial charge in [0.25, 0.3) is 5.69 Å². The Labute approximate surface area is 178 Å². The van der Waals surface area contributed by atoms with Crippen molar-refractivity contribution in [1.82, 2.24) is 9.55 Å². The summed E-state index contributed by atoms with van der Waals surface area (Å²) in [4.78, 5) is 26.6. The number of nitrogens with one attached hydrogen (secondary N) is 1. The molecule has 0 bridgehead atoms. The van der Waals surface area contributed by atoms with Crippen LogP contribution < -0.4 is 5.32 Å². The van der Waals surface area contributed by atoms with Crippen LogP contribution in [0.15, 0.2) is 66.7 Å². The Bertz CT molecular complexity index is 1300. The summed E-state index contributed by atoms with van der Waals surface area (Å²) in [5, 5.41) is 13.9. The van der Waals surface area contributed by atoms with E-state index in [1.165, 1.54) is 19.1 Å². The van der Waals surface area contributed by atoms with Gasteiger partial charge in [-0.25, -0.2) is 4.98 Å². The summed E-state index contributed by atoms with van der Waals surface area (Å²) in [6.45, 7) is 3.48. The maximum atomic E-state index is 11.2. The van der Waals surface area contributed by atoms with Crippen LogP contribution in [0, 0.1) is 17.0 Å². The molecule has 154 valence electrons. The summed E-state index contributed by atoms with van der Waals surface area (Å²) >= 11 is 0. The van der Waals surface area contributed by atoms with E-state index in [0.29, 0.717) is 11.3 Å². The zero-order chi connectivity index (χ0) is 22.0. The van der Waals surface area contributed by atoms with Crippen LogP contribution in [0.4, 0.5) is 11.4 Å². The molecular formula is C24H20N4O3. The molecule has 7 heteroatoms. The van der Waals surface area contributed by atoms with Gasteiger partial charge in [-0.1, -0.05) is 35.9 Å². The molecule has 7 nitrogen and oxygen atoms in total. The fourth-order valence-electron chi connectivity index (χ4n) is 3.33. The number of hydrogen-bond donors (Lipinski definition) is 1. The monoisotopic (exact) mass is 412 g/mol. The number of aromatic nitrogens is 2. The van der Waals surface area contributed by atoms with Gasteiger partial charge in [0, 0.05) is 30.4 Å². The highest BCUT2D eigenvalue weighted by Crippen LogP contribution is 2.26. The highest BCUT2D eigenvalue weighted by atomic mass is 16.6. The zero-order valence-corrected chi connectivity index (χ0v) is 17.1. The van der Waals surface area contributed by atoms with E-state index < -0.39 is 4.92 Å². The van der Waals surface area contributed by atoms with Crippen molar-refractivity contribution in [1.29, 1.82) is 0 Å². The minimum Gasteiger partial charge on any atom is -0.326 e. The molecule has 0 saturated heterocycles. The van der Waals surface area contributed by atoms with Gasteiger partial charge in [0.1, 0.15) is 5.82 Å². The number of benzene rings is 3. The Morgan fingerprint density at radius 2 is 1.74 bits per heavy atom. The molecule has 0 aliphatic carbocycles. The minimum atomic E-state index is -0.420. The van der Waals surface area contributed by atoms with Crippen molar-refractivity contribution in [2.75, 3.05) is 5.32 Å². The number of aryl methyl sites for hydroxylation is 1. The molecule has 0 aliphatic heterocycles. The lowest BCUT2D eigenvalue weighted by atomic mass is 10.2. The van der Waals surface area contributed by atoms with E-state index >= 15 is 0 Å². The lowest BCUT2D eigenvalue weighted by Crippen LogP contribution is -2.05. The van der Waals surface area contributed by atoms with E-state index in [0.717, 1.165) is 28.0 Å². The van der Waals surface area contributed by atoms with Crippen molar-refractivity contribution in [3.8, 4) is 5.69 Å². The number of amides is 1. The molecule has 31 heavy (non-hydrogen) atoms. The summed E-state index contributed by atoms with van der Waals surface area (Å²) in [7, 11) is 0. The molecule has 0 unspecified atom stereocenters. The largest absolute Gasteiger partial charge is 0.326 e. The Kier molecular flexibility index (Phi) is 5.32. The number of carbonyl (C=O) groups excluding carboxylic acids is 1. The zero-order valence-electron chi connectivity index (χ0n) is 17.1. The van der Waals surface area contributed by atoms with Gasteiger partial charge in [0.2, 0.25) is 5.91 Å². The van der Waals surface area contributed by atoms with Crippen molar-refractivity contribution in [2.24, 2.45) is 0 Å². The third-order valence-corrected chi connectivity index (χ3v) is 4.82. The van der Waals surface area contributed by atoms with Gasteiger partial charge in [-0.3, -0.25) is 19.5 Å². The molecule has 0 fully saturated rings. The average Bonchev–Trinajstić information content (AvgIpc) is 3.11. The molecular weight excluding hydrogens is 392 g/mol. The van der Waals surface area contributed by atoms with Gasteiger partial charge < -0.3 is 5.32 Å². The van der Waals surface area contributed by atoms with Crippen molar-refractivity contribution in [2.45, 2.75) is 13.8 Å². The number of carbonyl (C=O) groups is 1. The third kappa shape index (κ3) is 4.35. The van der Waals surface area contributed by atoms with Gasteiger partial charge in [0.05, 0.1) is 16.0 Å². The fourth-order valence-corrected chi connectivity index (χ4v) is 3.33. The standard InChI is InChI=1S/C24H20N4O3/c1-16-3-10-20(11-4-16)27-23-13-12-21(28(30)31)15-22(23)26-24(27)14-7-18-5-8-19(9-6-18)25-17(2)29/h3-15H,1-2H3,(H,25,29)/b14-7+. The van der Waals surface area contributed by atoms with Crippen molar-refractivity contribution < 1.29 is 9.72 Å². The molecule has 4 rings (SSSR count). The molecule has 0 atom stereocenters. The van der Waals surface area contributed by atoms with Crippen LogP contribution in [0.3, 0.4) is 0 Å². The molecule has 0 spiro atoms. The molecule has 1 heterocycles. The van der Waals surface area contributed by atoms with E-state index in [4.69, 9.17) is 0 Å². The van der Waals surface area contributed by atoms with E-state index in [-0.39, 0.29) is 11.6 Å². The van der Waals surface area contributed by atoms with E-state index in [9.17, 15) is 14.9 Å². The van der Waals surface area contributed by atoms with E-state index in [1.807, 2.05) is 72.2 Å². The number of fused-ring (bicyclic) bond motifs is 1. The summed E-state index contributed by atoms with van der Waals surface area (Å²) in [5.74, 6) is 0.537. The smallest absolute Gasteiger partial charge is 0.271 e. The molecule has 0 aliphatic rings. The van der Waals surface area contributed by atoms with Crippen molar-refractivity contribution in [3.63, 3.8) is 0 Å². The Morgan fingerprint density at radius 3 is 2.39 bits per heavy atom. The first-order valence-corrected chi connectivity index (χ1v) is 9.70. The topological polar surface area (TPSA) is 90.1 Å². The highest BCUT2D eigenvalue weighted by Gasteiger charge is 2.14. The van der Waals surface area contributed by atoms with Crippen LogP contribution in [0.1, 0.15) is 23.9 Å². The molecule has 4 aromatic rings. The van der Waals surface area contributed by atoms with Crippen LogP contribution in [-0.4, -0.2) is 20.4 Å². The predicted molar refractivity (Wildman–Crippen MR) is 122 cm³/mol. The Morgan fingerprint density at radius 1 is 1.03 bits per heavy atom. The lowest BCUT2D eigenvalue weighted by molar-refractivity contribution is -0.384. The molecule has 1 N–H and O–H groups in total. The second kappa shape index (κ2) is 8.23. The van der Waals surface area contributed by atoms with Gasteiger partial charge in [-0.15, -0.1) is 0 Å². The number of nitrogens with zero attached hydrogens (tertiary/aromatic N) is 3. The molecule has 0 radical (unpaired) electrons. The first-order chi connectivity index (χ1) is 14.9. The first kappa shape index (κ1) is 20.0.